The second-order valence-corrected chi connectivity index (χ2v) is 31.1. The highest BCUT2D eigenvalue weighted by Gasteiger charge is 2.26. The molecule has 0 N–H and O–H groups in total. The van der Waals surface area contributed by atoms with Gasteiger partial charge < -0.3 is 22.8 Å². The van der Waals surface area contributed by atoms with E-state index in [2.05, 4.69) is 393 Å². The summed E-state index contributed by atoms with van der Waals surface area (Å²) in [6, 6.07) is 95.7. The summed E-state index contributed by atoms with van der Waals surface area (Å²) in [6.45, 7) is 33.9. The van der Waals surface area contributed by atoms with Gasteiger partial charge in [-0.3, -0.25) is 0 Å². The third-order valence-corrected chi connectivity index (χ3v) is 19.0. The van der Waals surface area contributed by atoms with E-state index >= 15 is 0 Å². The van der Waals surface area contributed by atoms with Gasteiger partial charge in [0.1, 0.15) is 5.65 Å². The second kappa shape index (κ2) is 24.3. The first kappa shape index (κ1) is 63.9. The first-order valence-electron chi connectivity index (χ1n) is 34.5. The maximum absolute atomic E-state index is 4.55. The van der Waals surface area contributed by atoms with Gasteiger partial charge in [0.25, 0.3) is 0 Å². The molecule has 6 heterocycles. The molecule has 0 aliphatic carbocycles. The Balaban J connectivity index is 0.000000104. The van der Waals surface area contributed by atoms with Crippen LogP contribution in [-0.4, -0.2) is 27.8 Å². The zero-order chi connectivity index (χ0) is 67.9. The minimum Gasteiger partial charge on any atom is -0.335 e. The van der Waals surface area contributed by atoms with Crippen molar-refractivity contribution in [3.05, 3.63) is 273 Å². The van der Waals surface area contributed by atoms with Gasteiger partial charge in [-0.25, -0.2) is 4.98 Å². The van der Waals surface area contributed by atoms with E-state index in [1.165, 1.54) is 136 Å². The van der Waals surface area contributed by atoms with Gasteiger partial charge in [-0.15, -0.1) is 0 Å². The first-order valence-corrected chi connectivity index (χ1v) is 34.5. The number of rotatable bonds is 0. The molecule has 0 spiro atoms. The Bertz CT molecular complexity index is 5700. The highest BCUT2D eigenvalue weighted by Crippen LogP contribution is 2.42. The highest BCUT2D eigenvalue weighted by atomic mass is 15.1. The van der Waals surface area contributed by atoms with E-state index in [0.29, 0.717) is 0 Å². The van der Waals surface area contributed by atoms with Gasteiger partial charge in [0, 0.05) is 121 Å². The molecular weight excluding hydrogens is 1180 g/mol. The van der Waals surface area contributed by atoms with Crippen molar-refractivity contribution in [2.75, 3.05) is 0 Å². The van der Waals surface area contributed by atoms with Crippen molar-refractivity contribution >= 4 is 141 Å². The third kappa shape index (κ3) is 11.5. The molecule has 0 atom stereocenters. The smallest absolute Gasteiger partial charge is 0.141 e. The van der Waals surface area contributed by atoms with Crippen LogP contribution in [0.5, 0.6) is 0 Å². The number of benzene rings is 12. The molecule has 18 aromatic rings. The van der Waals surface area contributed by atoms with Crippen molar-refractivity contribution < 1.29 is 0 Å². The average Bonchev–Trinajstić information content (AvgIpc) is 1.61. The van der Waals surface area contributed by atoms with Crippen LogP contribution in [0.2, 0.25) is 0 Å². The van der Waals surface area contributed by atoms with E-state index in [-0.39, 0.29) is 27.7 Å². The Morgan fingerprint density at radius 3 is 1.02 bits per heavy atom. The Kier molecular flexibility index (Phi) is 16.0. The molecule has 0 saturated heterocycles. The summed E-state index contributed by atoms with van der Waals surface area (Å²) >= 11 is 0. The summed E-state index contributed by atoms with van der Waals surface area (Å²) in [5.74, 6) is 0. The van der Waals surface area contributed by atoms with Gasteiger partial charge in [-0.2, -0.15) is 0 Å². The van der Waals surface area contributed by atoms with Gasteiger partial charge in [0.15, 0.2) is 0 Å². The minimum absolute atomic E-state index is 0.0374. The number of hydrogen-bond donors (Lipinski definition) is 0. The van der Waals surface area contributed by atoms with Crippen LogP contribution in [0.25, 0.3) is 141 Å². The summed E-state index contributed by atoms with van der Waals surface area (Å²) < 4.78 is 12.2. The predicted molar refractivity (Wildman–Crippen MR) is 423 cm³/mol. The summed E-state index contributed by atoms with van der Waals surface area (Å²) in [6.07, 6.45) is 1.86. The Labute approximate surface area is 570 Å². The fourth-order valence-corrected chi connectivity index (χ4v) is 15.4. The number of nitrogens with zero attached hydrogens (tertiary/aromatic N) is 6. The van der Waals surface area contributed by atoms with Crippen LogP contribution in [0, 0.1) is 0 Å². The zero-order valence-corrected chi connectivity index (χ0v) is 59.2. The number of fused-ring (bicyclic) bond motifs is 20. The Morgan fingerprint density at radius 2 is 0.526 bits per heavy atom. The van der Waals surface area contributed by atoms with Crippen LogP contribution in [0.1, 0.15) is 104 Å². The topological polar surface area (TPSA) is 37.5 Å². The van der Waals surface area contributed by atoms with Gasteiger partial charge in [0.05, 0.1) is 22.1 Å². The number of hydrogen-bond acceptors (Lipinski definition) is 1. The van der Waals surface area contributed by atoms with Crippen LogP contribution in [0.15, 0.2) is 273 Å². The van der Waals surface area contributed by atoms with E-state index < -0.39 is 0 Å². The predicted octanol–water partition coefficient (Wildman–Crippen LogP) is 25.6. The maximum atomic E-state index is 4.55. The molecular formula is C91H90N6. The van der Waals surface area contributed by atoms with Crippen LogP contribution in [0.4, 0.5) is 0 Å². The average molecular weight is 1270 g/mol. The van der Waals surface area contributed by atoms with Gasteiger partial charge >= 0.3 is 0 Å². The Morgan fingerprint density at radius 1 is 0.206 bits per heavy atom. The molecule has 0 fully saturated rings. The molecule has 0 radical (unpaired) electrons. The molecule has 0 amide bonds. The van der Waals surface area contributed by atoms with E-state index in [4.69, 9.17) is 0 Å². The fourth-order valence-electron chi connectivity index (χ4n) is 15.4. The van der Waals surface area contributed by atoms with Crippen molar-refractivity contribution in [2.24, 2.45) is 0 Å². The molecule has 97 heavy (non-hydrogen) atoms. The van der Waals surface area contributed by atoms with Crippen molar-refractivity contribution in [3.8, 4) is 0 Å². The molecule has 6 aromatic heterocycles. The molecule has 0 aliphatic rings. The lowest BCUT2D eigenvalue weighted by molar-refractivity contribution is 0.421. The standard InChI is InChI=1S/3C20H19N.C16H17N.C15H16N2/c1-20(2,3)21-18-11-7-6-10-16(18)17-12-14-8-4-5-9-15(14)13-19(17)21;1-20(2,3)21-18-11-7-6-10-16(18)17-13-12-14-8-4-5-9-15(14)19(17)21;1-20(2,3)21-17-11-7-6-10-16(17)19-15-9-5-4-8-14(15)12-13-18(19)21;1-16(2,3)17-14-10-6-4-8-12(14)13-9-5-7-11-15(13)17;1-15(2,3)17-13-9-5-4-7-11(13)12-8-6-10-16-14(12)17/h3*4-13H,1-3H3;4-11H,1-3H3;4-10H,1-3H3. The molecule has 12 aromatic carbocycles. The number of pyridine rings is 1. The minimum atomic E-state index is 0.0374. The molecule has 0 unspecified atom stereocenters. The Hall–Kier alpha value is -10.4. The van der Waals surface area contributed by atoms with Gasteiger partial charge in [0.2, 0.25) is 0 Å². The van der Waals surface area contributed by atoms with Gasteiger partial charge in [-0.1, -0.05) is 200 Å². The SMILES string of the molecule is CC(C)(C)n1c2ccccc2c2c3ccccc3ccc21.CC(C)(C)n1c2ccccc2c2cc3ccccc3cc21.CC(C)(C)n1c2ccccc2c2ccc3ccccc3c21.CC(C)(C)n1c2ccccc2c2ccccc21.CC(C)(C)n1c2ccccc2c2cccnc21. The summed E-state index contributed by atoms with van der Waals surface area (Å²) in [5, 5.41) is 21.2. The highest BCUT2D eigenvalue weighted by molar-refractivity contribution is 6.21. The van der Waals surface area contributed by atoms with Crippen molar-refractivity contribution in [1.82, 2.24) is 27.8 Å². The lowest BCUT2D eigenvalue weighted by atomic mass is 10.0. The number of para-hydroxylation sites is 6. The summed E-state index contributed by atoms with van der Waals surface area (Å²) in [5.41, 5.74) is 13.2. The van der Waals surface area contributed by atoms with Crippen LogP contribution < -0.4 is 0 Å². The van der Waals surface area contributed by atoms with Gasteiger partial charge in [-0.05, 0) is 198 Å². The van der Waals surface area contributed by atoms with E-state index in [1.807, 2.05) is 12.3 Å². The van der Waals surface area contributed by atoms with E-state index in [1.54, 1.807) is 0 Å². The zero-order valence-electron chi connectivity index (χ0n) is 59.2. The molecule has 6 nitrogen and oxygen atoms in total. The lowest BCUT2D eigenvalue weighted by Crippen LogP contribution is -2.21. The summed E-state index contributed by atoms with van der Waals surface area (Å²) in [4.78, 5) is 4.55. The maximum Gasteiger partial charge on any atom is 0.141 e. The first-order chi connectivity index (χ1) is 46.4. The van der Waals surface area contributed by atoms with Crippen molar-refractivity contribution in [1.29, 1.82) is 0 Å². The van der Waals surface area contributed by atoms with Crippen LogP contribution >= 0.6 is 0 Å². The lowest BCUT2D eigenvalue weighted by Gasteiger charge is -2.24. The quantitative estimate of drug-likeness (QED) is 0.149. The van der Waals surface area contributed by atoms with Crippen molar-refractivity contribution in [3.63, 3.8) is 0 Å². The molecule has 0 bridgehead atoms. The molecule has 0 saturated carbocycles. The normalized spacial score (nSPS) is 12.5. The molecule has 6 heteroatoms. The second-order valence-electron chi connectivity index (χ2n) is 31.1. The molecule has 484 valence electrons. The largest absolute Gasteiger partial charge is 0.335 e. The monoisotopic (exact) mass is 1270 g/mol. The van der Waals surface area contributed by atoms with Crippen LogP contribution in [-0.2, 0) is 27.7 Å². The van der Waals surface area contributed by atoms with E-state index in [0.717, 1.165) is 5.65 Å². The van der Waals surface area contributed by atoms with E-state index in [9.17, 15) is 0 Å². The fraction of sp³-hybridized carbons (Fsp3) is 0.220. The van der Waals surface area contributed by atoms with Crippen LogP contribution in [0.3, 0.4) is 0 Å². The molecule has 18 rings (SSSR count). The third-order valence-electron chi connectivity index (χ3n) is 19.0. The van der Waals surface area contributed by atoms with Crippen molar-refractivity contribution in [2.45, 2.75) is 132 Å². The summed E-state index contributed by atoms with van der Waals surface area (Å²) in [7, 11) is 0. The number of aromatic nitrogens is 6. The molecule has 0 aliphatic heterocycles.